The maximum atomic E-state index is 5.18. The molecule has 0 fully saturated rings. The summed E-state index contributed by atoms with van der Waals surface area (Å²) >= 11 is 0. The van der Waals surface area contributed by atoms with E-state index in [-0.39, 0.29) is 0 Å². The van der Waals surface area contributed by atoms with Crippen LogP contribution in [0.15, 0.2) is 48.5 Å². The van der Waals surface area contributed by atoms with Crippen molar-refractivity contribution in [2.45, 2.75) is 25.5 Å². The summed E-state index contributed by atoms with van der Waals surface area (Å²) in [6, 6.07) is 17.7. The van der Waals surface area contributed by atoms with Gasteiger partial charge in [-0.1, -0.05) is 36.4 Å². The van der Waals surface area contributed by atoms with Gasteiger partial charge in [0.05, 0.1) is 6.61 Å². The molecule has 3 rings (SSSR count). The molecule has 1 N–H and O–H groups in total. The Morgan fingerprint density at radius 2 is 1.79 bits per heavy atom. The molecular formula is C17H19NO. The van der Waals surface area contributed by atoms with Crippen LogP contribution >= 0.6 is 0 Å². The van der Waals surface area contributed by atoms with Crippen LogP contribution in [0.4, 0.5) is 5.69 Å². The molecule has 0 heterocycles. The average molecular weight is 253 g/mol. The van der Waals surface area contributed by atoms with Crippen molar-refractivity contribution < 1.29 is 4.74 Å². The fourth-order valence-corrected chi connectivity index (χ4v) is 2.81. The Morgan fingerprint density at radius 3 is 2.47 bits per heavy atom. The fourth-order valence-electron chi connectivity index (χ4n) is 2.81. The van der Waals surface area contributed by atoms with E-state index in [1.54, 1.807) is 7.11 Å². The van der Waals surface area contributed by atoms with Crippen LogP contribution < -0.4 is 5.32 Å². The maximum Gasteiger partial charge on any atom is 0.0713 e. The quantitative estimate of drug-likeness (QED) is 0.901. The van der Waals surface area contributed by atoms with E-state index >= 15 is 0 Å². The summed E-state index contributed by atoms with van der Waals surface area (Å²) in [7, 11) is 1.73. The number of benzene rings is 2. The molecule has 0 radical (unpaired) electrons. The number of anilines is 1. The second kappa shape index (κ2) is 5.45. The molecule has 1 aliphatic rings. The first-order valence-corrected chi connectivity index (χ1v) is 6.76. The average Bonchev–Trinajstić information content (AvgIpc) is 2.81. The minimum Gasteiger partial charge on any atom is -0.382 e. The van der Waals surface area contributed by atoms with Crippen LogP contribution in [0.3, 0.4) is 0 Å². The Balaban J connectivity index is 1.69. The first-order chi connectivity index (χ1) is 9.35. The number of methoxy groups -OCH3 is 1. The van der Waals surface area contributed by atoms with Crippen molar-refractivity contribution in [3.63, 3.8) is 0 Å². The predicted molar refractivity (Wildman–Crippen MR) is 78.4 cm³/mol. The summed E-state index contributed by atoms with van der Waals surface area (Å²) in [4.78, 5) is 0. The summed E-state index contributed by atoms with van der Waals surface area (Å²) in [5.74, 6) is 0. The molecule has 19 heavy (non-hydrogen) atoms. The number of hydrogen-bond acceptors (Lipinski definition) is 2. The lowest BCUT2D eigenvalue weighted by Crippen LogP contribution is -2.19. The first-order valence-electron chi connectivity index (χ1n) is 6.76. The molecule has 2 heteroatoms. The van der Waals surface area contributed by atoms with Crippen LogP contribution in [0, 0.1) is 0 Å². The molecule has 2 nitrogen and oxygen atoms in total. The molecule has 0 bridgehead atoms. The van der Waals surface area contributed by atoms with Crippen molar-refractivity contribution in [1.82, 2.24) is 0 Å². The molecule has 0 unspecified atom stereocenters. The van der Waals surface area contributed by atoms with Gasteiger partial charge < -0.3 is 10.1 Å². The summed E-state index contributed by atoms with van der Waals surface area (Å²) in [6.07, 6.45) is 2.23. The highest BCUT2D eigenvalue weighted by Crippen LogP contribution is 2.24. The molecular weight excluding hydrogens is 234 g/mol. The molecule has 2 aromatic rings. The highest BCUT2D eigenvalue weighted by Gasteiger charge is 2.20. The van der Waals surface area contributed by atoms with Crippen LogP contribution in [0.25, 0.3) is 0 Å². The minimum absolute atomic E-state index is 0.509. The SMILES string of the molecule is COCc1cccc(NC2Cc3ccccc3C2)c1. The standard InChI is InChI=1S/C17H19NO/c1-19-12-13-5-4-8-16(9-13)18-17-10-14-6-2-3-7-15(14)11-17/h2-9,17-18H,10-12H2,1H3. The van der Waals surface area contributed by atoms with E-state index in [9.17, 15) is 0 Å². The van der Waals surface area contributed by atoms with Crippen molar-refractivity contribution in [3.05, 3.63) is 65.2 Å². The summed E-state index contributed by atoms with van der Waals surface area (Å²) in [5, 5.41) is 3.63. The zero-order valence-corrected chi connectivity index (χ0v) is 11.2. The zero-order valence-electron chi connectivity index (χ0n) is 11.2. The topological polar surface area (TPSA) is 21.3 Å². The molecule has 0 aliphatic heterocycles. The van der Waals surface area contributed by atoms with E-state index in [0.717, 1.165) is 12.8 Å². The van der Waals surface area contributed by atoms with Gasteiger partial charge in [-0.2, -0.15) is 0 Å². The molecule has 0 aromatic heterocycles. The number of nitrogens with one attached hydrogen (secondary N) is 1. The van der Waals surface area contributed by atoms with E-state index in [4.69, 9.17) is 4.74 Å². The molecule has 0 saturated carbocycles. The lowest BCUT2D eigenvalue weighted by molar-refractivity contribution is 0.185. The number of hydrogen-bond donors (Lipinski definition) is 1. The number of fused-ring (bicyclic) bond motifs is 1. The molecule has 0 saturated heterocycles. The van der Waals surface area contributed by atoms with E-state index in [2.05, 4.69) is 53.8 Å². The highest BCUT2D eigenvalue weighted by molar-refractivity contribution is 5.48. The third-order valence-electron chi connectivity index (χ3n) is 3.66. The first kappa shape index (κ1) is 12.2. The van der Waals surface area contributed by atoms with E-state index in [1.807, 2.05) is 0 Å². The summed E-state index contributed by atoms with van der Waals surface area (Å²) in [5.41, 5.74) is 5.36. The van der Waals surface area contributed by atoms with Gasteiger partial charge in [0.15, 0.2) is 0 Å². The summed E-state index contributed by atoms with van der Waals surface area (Å²) in [6.45, 7) is 0.667. The number of rotatable bonds is 4. The van der Waals surface area contributed by atoms with E-state index in [1.165, 1.54) is 22.4 Å². The van der Waals surface area contributed by atoms with Crippen molar-refractivity contribution >= 4 is 5.69 Å². The summed E-state index contributed by atoms with van der Waals surface area (Å²) < 4.78 is 5.18. The van der Waals surface area contributed by atoms with Crippen LogP contribution in [-0.4, -0.2) is 13.2 Å². The Kier molecular flexibility index (Phi) is 3.51. The van der Waals surface area contributed by atoms with Gasteiger partial charge in [0.25, 0.3) is 0 Å². The lowest BCUT2D eigenvalue weighted by atomic mass is 10.1. The second-order valence-corrected chi connectivity index (χ2v) is 5.15. The van der Waals surface area contributed by atoms with E-state index in [0.29, 0.717) is 12.6 Å². The molecule has 0 amide bonds. The molecule has 2 aromatic carbocycles. The monoisotopic (exact) mass is 253 g/mol. The van der Waals surface area contributed by atoms with Crippen LogP contribution in [0.5, 0.6) is 0 Å². The zero-order chi connectivity index (χ0) is 13.1. The molecule has 0 spiro atoms. The van der Waals surface area contributed by atoms with Gasteiger partial charge >= 0.3 is 0 Å². The highest BCUT2D eigenvalue weighted by atomic mass is 16.5. The second-order valence-electron chi connectivity index (χ2n) is 5.15. The lowest BCUT2D eigenvalue weighted by Gasteiger charge is -2.14. The smallest absolute Gasteiger partial charge is 0.0713 e. The Morgan fingerprint density at radius 1 is 1.05 bits per heavy atom. The van der Waals surface area contributed by atoms with Gasteiger partial charge in [0.2, 0.25) is 0 Å². The molecule has 1 aliphatic carbocycles. The molecule has 98 valence electrons. The number of ether oxygens (including phenoxy) is 1. The predicted octanol–water partition coefficient (Wildman–Crippen LogP) is 3.41. The van der Waals surface area contributed by atoms with Gasteiger partial charge in [-0.3, -0.25) is 0 Å². The van der Waals surface area contributed by atoms with Gasteiger partial charge in [-0.25, -0.2) is 0 Å². The minimum atomic E-state index is 0.509. The third-order valence-corrected chi connectivity index (χ3v) is 3.66. The third kappa shape index (κ3) is 2.79. The Bertz CT molecular complexity index is 540. The van der Waals surface area contributed by atoms with Gasteiger partial charge in [0.1, 0.15) is 0 Å². The van der Waals surface area contributed by atoms with Crippen molar-refractivity contribution in [3.8, 4) is 0 Å². The van der Waals surface area contributed by atoms with Crippen molar-refractivity contribution in [2.24, 2.45) is 0 Å². The Labute approximate surface area is 114 Å². The van der Waals surface area contributed by atoms with Crippen LogP contribution in [0.1, 0.15) is 16.7 Å². The van der Waals surface area contributed by atoms with Crippen LogP contribution in [0.2, 0.25) is 0 Å². The van der Waals surface area contributed by atoms with Crippen molar-refractivity contribution in [1.29, 1.82) is 0 Å². The normalized spacial score (nSPS) is 14.4. The van der Waals surface area contributed by atoms with Gasteiger partial charge in [-0.15, -0.1) is 0 Å². The van der Waals surface area contributed by atoms with Crippen molar-refractivity contribution in [2.75, 3.05) is 12.4 Å². The maximum absolute atomic E-state index is 5.18. The fraction of sp³-hybridized carbons (Fsp3) is 0.294. The van der Waals surface area contributed by atoms with Crippen LogP contribution in [-0.2, 0) is 24.2 Å². The van der Waals surface area contributed by atoms with Gasteiger partial charge in [-0.05, 0) is 41.7 Å². The van der Waals surface area contributed by atoms with Gasteiger partial charge in [0, 0.05) is 18.8 Å². The Hall–Kier alpha value is -1.80. The molecule has 0 atom stereocenters. The van der Waals surface area contributed by atoms with E-state index < -0.39 is 0 Å². The largest absolute Gasteiger partial charge is 0.382 e.